The number of nitrogens with zero attached hydrogens (tertiary/aromatic N) is 4. The monoisotopic (exact) mass is 416 g/mol. The molecule has 0 aliphatic carbocycles. The molecule has 3 N–H and O–H groups in total. The smallest absolute Gasteiger partial charge is 0.264 e. The molecule has 2 heterocycles. The molecule has 1 amide bonds. The number of nitrogen functional groups attached to an aromatic ring is 1. The van der Waals surface area contributed by atoms with Gasteiger partial charge in [-0.1, -0.05) is 36.8 Å². The fraction of sp³-hybridized carbons (Fsp3) is 0.217. The Morgan fingerprint density at radius 3 is 2.58 bits per heavy atom. The summed E-state index contributed by atoms with van der Waals surface area (Å²) in [7, 11) is 0. The van der Waals surface area contributed by atoms with Crippen LogP contribution >= 0.6 is 0 Å². The van der Waals surface area contributed by atoms with Crippen LogP contribution in [0.5, 0.6) is 0 Å². The maximum absolute atomic E-state index is 12.8. The van der Waals surface area contributed by atoms with Crippen LogP contribution < -0.4 is 16.6 Å². The first-order chi connectivity index (χ1) is 15.1. The predicted molar refractivity (Wildman–Crippen MR) is 121 cm³/mol. The van der Waals surface area contributed by atoms with E-state index in [-0.39, 0.29) is 11.5 Å². The van der Waals surface area contributed by atoms with Crippen LogP contribution in [0.25, 0.3) is 16.7 Å². The fourth-order valence-corrected chi connectivity index (χ4v) is 3.43. The second kappa shape index (κ2) is 9.25. The van der Waals surface area contributed by atoms with E-state index in [1.165, 1.54) is 0 Å². The number of aromatic nitrogens is 4. The number of hydrogen-bond donors (Lipinski definition) is 2. The molecule has 2 aromatic heterocycles. The van der Waals surface area contributed by atoms with E-state index < -0.39 is 0 Å². The number of fused-ring (bicyclic) bond motifs is 1. The van der Waals surface area contributed by atoms with E-state index in [0.717, 1.165) is 24.9 Å². The Balaban J connectivity index is 1.31. The number of unbranched alkanes of at least 4 members (excludes halogenated alkanes) is 2. The third kappa shape index (κ3) is 4.63. The molecule has 0 spiro atoms. The predicted octanol–water partition coefficient (Wildman–Crippen LogP) is 3.36. The molecule has 0 aliphatic heterocycles. The summed E-state index contributed by atoms with van der Waals surface area (Å²) in [5.74, 6) is -0.0634. The average molecular weight is 416 g/mol. The number of rotatable bonds is 8. The Kier molecular flexibility index (Phi) is 6.07. The average Bonchev–Trinajstić information content (AvgIpc) is 3.22. The van der Waals surface area contributed by atoms with E-state index in [2.05, 4.69) is 15.4 Å². The van der Waals surface area contributed by atoms with Crippen LogP contribution in [-0.2, 0) is 11.3 Å². The quantitative estimate of drug-likeness (QED) is 0.338. The number of aryl methyl sites for hydroxylation is 1. The Morgan fingerprint density at radius 2 is 1.77 bits per heavy atom. The summed E-state index contributed by atoms with van der Waals surface area (Å²) >= 11 is 0. The fourth-order valence-electron chi connectivity index (χ4n) is 3.43. The first kappa shape index (κ1) is 20.3. The second-order valence-electron chi connectivity index (χ2n) is 7.32. The molecule has 0 unspecified atom stereocenters. The molecule has 0 radical (unpaired) electrons. The van der Waals surface area contributed by atoms with E-state index in [0.29, 0.717) is 35.4 Å². The number of nitrogens with two attached hydrogens (primary N) is 1. The number of hydrogen-bond acceptors (Lipinski definition) is 5. The van der Waals surface area contributed by atoms with Gasteiger partial charge in [0.2, 0.25) is 5.91 Å². The molecule has 8 nitrogen and oxygen atoms in total. The van der Waals surface area contributed by atoms with Gasteiger partial charge in [0.25, 0.3) is 5.56 Å². The van der Waals surface area contributed by atoms with Crippen LogP contribution in [0.3, 0.4) is 0 Å². The van der Waals surface area contributed by atoms with Crippen LogP contribution in [0, 0.1) is 0 Å². The largest absolute Gasteiger partial charge is 0.397 e. The third-order valence-corrected chi connectivity index (χ3v) is 5.09. The van der Waals surface area contributed by atoms with Crippen molar-refractivity contribution >= 4 is 28.3 Å². The van der Waals surface area contributed by atoms with E-state index in [1.54, 1.807) is 33.9 Å². The summed E-state index contributed by atoms with van der Waals surface area (Å²) in [6.07, 6.45) is 5.87. The van der Waals surface area contributed by atoms with E-state index in [9.17, 15) is 9.59 Å². The standard InChI is InChI=1S/C23H24N6O2/c24-19-11-6-7-12-20(19)27-21(30)13-5-2-8-14-28-16-25-22-18(23(28)31)15-26-29(22)17-9-3-1-4-10-17/h1,3-4,6-7,9-12,15-16H,2,5,8,13-14,24H2,(H,27,30). The second-order valence-corrected chi connectivity index (χ2v) is 7.32. The minimum absolute atomic E-state index is 0.0634. The Bertz CT molecular complexity index is 1250. The number of para-hydroxylation sites is 3. The van der Waals surface area contributed by atoms with Crippen molar-refractivity contribution in [3.05, 3.63) is 77.5 Å². The van der Waals surface area contributed by atoms with Crippen LogP contribution in [0.15, 0.2) is 71.9 Å². The zero-order valence-electron chi connectivity index (χ0n) is 17.1. The van der Waals surface area contributed by atoms with Gasteiger partial charge in [-0.15, -0.1) is 0 Å². The highest BCUT2D eigenvalue weighted by atomic mass is 16.1. The van der Waals surface area contributed by atoms with Crippen molar-refractivity contribution in [2.45, 2.75) is 32.2 Å². The van der Waals surface area contributed by atoms with E-state index in [4.69, 9.17) is 5.73 Å². The van der Waals surface area contributed by atoms with Gasteiger partial charge in [0.05, 0.1) is 29.6 Å². The SMILES string of the molecule is Nc1ccccc1NC(=O)CCCCCn1cnc2c(cnn2-c2ccccc2)c1=O. The molecule has 4 rings (SSSR count). The molecule has 0 saturated heterocycles. The molecule has 0 saturated carbocycles. The lowest BCUT2D eigenvalue weighted by Crippen LogP contribution is -2.20. The maximum Gasteiger partial charge on any atom is 0.264 e. The minimum Gasteiger partial charge on any atom is -0.397 e. The van der Waals surface area contributed by atoms with Gasteiger partial charge in [-0.25, -0.2) is 9.67 Å². The van der Waals surface area contributed by atoms with Crippen molar-refractivity contribution in [2.75, 3.05) is 11.1 Å². The molecule has 0 aliphatic rings. The van der Waals surface area contributed by atoms with Crippen molar-refractivity contribution in [1.29, 1.82) is 0 Å². The minimum atomic E-state index is -0.107. The Labute approximate surface area is 179 Å². The van der Waals surface area contributed by atoms with Gasteiger partial charge >= 0.3 is 0 Å². The van der Waals surface area contributed by atoms with Crippen LogP contribution in [0.4, 0.5) is 11.4 Å². The van der Waals surface area contributed by atoms with Gasteiger partial charge in [0.15, 0.2) is 5.65 Å². The lowest BCUT2D eigenvalue weighted by atomic mass is 10.2. The topological polar surface area (TPSA) is 108 Å². The summed E-state index contributed by atoms with van der Waals surface area (Å²) < 4.78 is 3.27. The summed E-state index contributed by atoms with van der Waals surface area (Å²) in [5.41, 5.74) is 8.32. The molecule has 0 atom stereocenters. The number of anilines is 2. The van der Waals surface area contributed by atoms with Crippen LogP contribution in [0.1, 0.15) is 25.7 Å². The zero-order valence-corrected chi connectivity index (χ0v) is 17.1. The van der Waals surface area contributed by atoms with Crippen molar-refractivity contribution in [3.8, 4) is 5.69 Å². The molecular weight excluding hydrogens is 392 g/mol. The summed E-state index contributed by atoms with van der Waals surface area (Å²) in [5, 5.41) is 7.64. The van der Waals surface area contributed by atoms with Gasteiger partial charge in [0.1, 0.15) is 5.39 Å². The molecule has 2 aromatic carbocycles. The van der Waals surface area contributed by atoms with E-state index in [1.807, 2.05) is 42.5 Å². The molecule has 0 fully saturated rings. The van der Waals surface area contributed by atoms with Crippen LogP contribution in [-0.4, -0.2) is 25.2 Å². The first-order valence-electron chi connectivity index (χ1n) is 10.3. The van der Waals surface area contributed by atoms with Gasteiger partial charge < -0.3 is 11.1 Å². The van der Waals surface area contributed by atoms with Crippen molar-refractivity contribution in [1.82, 2.24) is 19.3 Å². The van der Waals surface area contributed by atoms with Crippen molar-refractivity contribution in [3.63, 3.8) is 0 Å². The first-order valence-corrected chi connectivity index (χ1v) is 10.3. The lowest BCUT2D eigenvalue weighted by molar-refractivity contribution is -0.116. The number of carbonyl (C=O) groups is 1. The lowest BCUT2D eigenvalue weighted by Gasteiger charge is -2.08. The highest BCUT2D eigenvalue weighted by Crippen LogP contribution is 2.17. The maximum atomic E-state index is 12.8. The van der Waals surface area contributed by atoms with Gasteiger partial charge in [-0.05, 0) is 37.1 Å². The number of carbonyl (C=O) groups excluding carboxylic acids is 1. The number of amides is 1. The number of nitrogens with one attached hydrogen (secondary N) is 1. The summed E-state index contributed by atoms with van der Waals surface area (Å²) in [6.45, 7) is 0.547. The van der Waals surface area contributed by atoms with E-state index >= 15 is 0 Å². The van der Waals surface area contributed by atoms with Crippen molar-refractivity contribution < 1.29 is 4.79 Å². The highest BCUT2D eigenvalue weighted by Gasteiger charge is 2.11. The third-order valence-electron chi connectivity index (χ3n) is 5.09. The Hall–Kier alpha value is -3.94. The molecule has 4 aromatic rings. The molecule has 0 bridgehead atoms. The molecule has 8 heteroatoms. The Morgan fingerprint density at radius 1 is 1.00 bits per heavy atom. The highest BCUT2D eigenvalue weighted by molar-refractivity contribution is 5.93. The normalized spacial score (nSPS) is 11.0. The molecule has 31 heavy (non-hydrogen) atoms. The number of benzene rings is 2. The summed E-state index contributed by atoms with van der Waals surface area (Å²) in [4.78, 5) is 29.3. The zero-order chi connectivity index (χ0) is 21.6. The van der Waals surface area contributed by atoms with Crippen LogP contribution in [0.2, 0.25) is 0 Å². The van der Waals surface area contributed by atoms with Gasteiger partial charge in [-0.3, -0.25) is 14.2 Å². The summed E-state index contributed by atoms with van der Waals surface area (Å²) in [6, 6.07) is 16.8. The van der Waals surface area contributed by atoms with Gasteiger partial charge in [0, 0.05) is 13.0 Å². The van der Waals surface area contributed by atoms with Crippen molar-refractivity contribution in [2.24, 2.45) is 0 Å². The molecule has 158 valence electrons. The molecular formula is C23H24N6O2. The van der Waals surface area contributed by atoms with Gasteiger partial charge in [-0.2, -0.15) is 5.10 Å².